The molecule has 1 aliphatic heterocycles. The first kappa shape index (κ1) is 27.1. The Hall–Kier alpha value is -4.50. The molecule has 9 heteroatoms. The number of nitrogens with zero attached hydrogens (tertiary/aromatic N) is 2. The van der Waals surface area contributed by atoms with Crippen molar-refractivity contribution in [3.8, 4) is 11.3 Å². The molecule has 0 bridgehead atoms. The summed E-state index contributed by atoms with van der Waals surface area (Å²) < 4.78 is 13.2. The highest BCUT2D eigenvalue weighted by molar-refractivity contribution is 7.07. The molecule has 0 fully saturated rings. The molecule has 40 heavy (non-hydrogen) atoms. The number of fused-ring (bicyclic) bond motifs is 1. The van der Waals surface area contributed by atoms with E-state index in [2.05, 4.69) is 18.8 Å². The summed E-state index contributed by atoms with van der Waals surface area (Å²) in [5.41, 5.74) is 2.98. The topological polar surface area (TPSA) is 111 Å². The minimum atomic E-state index is -1.06. The van der Waals surface area contributed by atoms with Crippen LogP contribution in [0.5, 0.6) is 0 Å². The molecule has 0 aliphatic carbocycles. The van der Waals surface area contributed by atoms with Crippen LogP contribution in [0.3, 0.4) is 0 Å². The first-order valence-corrected chi connectivity index (χ1v) is 13.7. The Morgan fingerprint density at radius 1 is 1.12 bits per heavy atom. The van der Waals surface area contributed by atoms with Gasteiger partial charge in [0.2, 0.25) is 0 Å². The molecule has 0 spiro atoms. The fourth-order valence-corrected chi connectivity index (χ4v) is 5.79. The van der Waals surface area contributed by atoms with E-state index in [-0.39, 0.29) is 17.7 Å². The molecule has 0 amide bonds. The molecule has 4 aromatic rings. The lowest BCUT2D eigenvalue weighted by Gasteiger charge is -2.25. The average Bonchev–Trinajstić information content (AvgIpc) is 3.52. The van der Waals surface area contributed by atoms with Gasteiger partial charge in [0, 0.05) is 11.6 Å². The number of rotatable bonds is 7. The summed E-state index contributed by atoms with van der Waals surface area (Å²) in [4.78, 5) is 43.6. The summed E-state index contributed by atoms with van der Waals surface area (Å²) in [6.45, 7) is 7.89. The molecule has 0 unspecified atom stereocenters. The number of thiazole rings is 1. The maximum atomic E-state index is 13.8. The lowest BCUT2D eigenvalue weighted by atomic mass is 9.93. The lowest BCUT2D eigenvalue weighted by molar-refractivity contribution is -0.139. The summed E-state index contributed by atoms with van der Waals surface area (Å²) in [7, 11) is 0. The highest BCUT2D eigenvalue weighted by Gasteiger charge is 2.33. The minimum Gasteiger partial charge on any atom is -0.478 e. The lowest BCUT2D eigenvalue weighted by Crippen LogP contribution is -2.39. The van der Waals surface area contributed by atoms with Crippen LogP contribution in [-0.2, 0) is 9.53 Å². The third-order valence-electron chi connectivity index (χ3n) is 6.76. The van der Waals surface area contributed by atoms with Crippen molar-refractivity contribution in [1.82, 2.24) is 4.57 Å². The standard InChI is InChI=1S/C31H28N2O6S/c1-5-38-30(37)26-18(4)32-31-33(27(26)20-12-10-19(11-13-20)17(2)3)28(34)25(40-31)16-21-14-15-24(39-21)22-8-6-7-9-23(22)29(35)36/h6-17,27H,5H2,1-4H3,(H,35,36)/b25-16-/t27-/m1/s1. The second-order valence-electron chi connectivity index (χ2n) is 9.68. The van der Waals surface area contributed by atoms with Crippen LogP contribution >= 0.6 is 11.3 Å². The number of carbonyl (C=O) groups excluding carboxylic acids is 1. The normalized spacial score (nSPS) is 15.2. The molecule has 5 rings (SSSR count). The Labute approximate surface area is 234 Å². The van der Waals surface area contributed by atoms with E-state index < -0.39 is 18.0 Å². The van der Waals surface area contributed by atoms with Crippen molar-refractivity contribution < 1.29 is 23.8 Å². The Kier molecular flexibility index (Phi) is 7.40. The Morgan fingerprint density at radius 3 is 2.52 bits per heavy atom. The van der Waals surface area contributed by atoms with Crippen molar-refractivity contribution in [3.63, 3.8) is 0 Å². The van der Waals surface area contributed by atoms with Gasteiger partial charge in [0.05, 0.1) is 34.0 Å². The monoisotopic (exact) mass is 556 g/mol. The highest BCUT2D eigenvalue weighted by Crippen LogP contribution is 2.32. The summed E-state index contributed by atoms with van der Waals surface area (Å²) in [6, 6.07) is 17.1. The van der Waals surface area contributed by atoms with E-state index in [1.54, 1.807) is 50.3 Å². The van der Waals surface area contributed by atoms with Crippen molar-refractivity contribution >= 4 is 29.4 Å². The second kappa shape index (κ2) is 10.9. The number of aromatic carboxylic acids is 1. The minimum absolute atomic E-state index is 0.119. The predicted molar refractivity (Wildman–Crippen MR) is 152 cm³/mol. The number of hydrogen-bond donors (Lipinski definition) is 1. The van der Waals surface area contributed by atoms with Gasteiger partial charge in [-0.3, -0.25) is 9.36 Å². The number of carboxylic acid groups (broad SMARTS) is 1. The Balaban J connectivity index is 1.63. The number of esters is 1. The summed E-state index contributed by atoms with van der Waals surface area (Å²) in [5, 5.41) is 9.54. The third kappa shape index (κ3) is 4.96. The molecule has 1 aliphatic rings. The highest BCUT2D eigenvalue weighted by atomic mass is 32.1. The van der Waals surface area contributed by atoms with Crippen LogP contribution in [0, 0.1) is 0 Å². The van der Waals surface area contributed by atoms with Crippen molar-refractivity contribution in [2.45, 2.75) is 39.7 Å². The van der Waals surface area contributed by atoms with Gasteiger partial charge in [0.25, 0.3) is 5.56 Å². The molecule has 1 atom stereocenters. The fourth-order valence-electron chi connectivity index (χ4n) is 4.76. The quantitative estimate of drug-likeness (QED) is 0.325. The van der Waals surface area contributed by atoms with E-state index in [0.717, 1.165) is 11.1 Å². The van der Waals surface area contributed by atoms with Gasteiger partial charge in [0.15, 0.2) is 4.80 Å². The molecule has 2 aromatic heterocycles. The summed E-state index contributed by atoms with van der Waals surface area (Å²) in [5.74, 6) is -0.474. The van der Waals surface area contributed by atoms with E-state index in [0.29, 0.717) is 43.6 Å². The molecule has 204 valence electrons. The van der Waals surface area contributed by atoms with Gasteiger partial charge in [-0.25, -0.2) is 14.6 Å². The number of allylic oxidation sites excluding steroid dienone is 1. The first-order valence-electron chi connectivity index (χ1n) is 12.9. The van der Waals surface area contributed by atoms with Gasteiger partial charge in [-0.15, -0.1) is 0 Å². The maximum Gasteiger partial charge on any atom is 0.338 e. The number of hydrogen-bond acceptors (Lipinski definition) is 7. The molecule has 0 saturated heterocycles. The molecule has 0 saturated carbocycles. The molecular formula is C31H28N2O6S. The third-order valence-corrected chi connectivity index (χ3v) is 7.74. The largest absolute Gasteiger partial charge is 0.478 e. The SMILES string of the molecule is CCOC(=O)C1=C(C)N=c2s/c(=C\c3ccc(-c4ccccc4C(=O)O)o3)c(=O)n2[C@@H]1c1ccc(C(C)C)cc1. The number of carboxylic acids is 1. The number of aromatic nitrogens is 1. The number of furan rings is 1. The molecular weight excluding hydrogens is 528 g/mol. The van der Waals surface area contributed by atoms with Crippen LogP contribution in [0.25, 0.3) is 17.4 Å². The second-order valence-corrected chi connectivity index (χ2v) is 10.7. The van der Waals surface area contributed by atoms with Gasteiger partial charge >= 0.3 is 11.9 Å². The smallest absolute Gasteiger partial charge is 0.338 e. The van der Waals surface area contributed by atoms with E-state index >= 15 is 0 Å². The number of carbonyl (C=O) groups is 2. The van der Waals surface area contributed by atoms with E-state index in [1.807, 2.05) is 24.3 Å². The van der Waals surface area contributed by atoms with Crippen LogP contribution in [0.4, 0.5) is 0 Å². The average molecular weight is 557 g/mol. The van der Waals surface area contributed by atoms with Crippen molar-refractivity contribution in [2.24, 2.45) is 4.99 Å². The molecule has 8 nitrogen and oxygen atoms in total. The first-order chi connectivity index (χ1) is 19.2. The van der Waals surface area contributed by atoms with Crippen LogP contribution < -0.4 is 14.9 Å². The van der Waals surface area contributed by atoms with Crippen LogP contribution in [0.2, 0.25) is 0 Å². The van der Waals surface area contributed by atoms with Gasteiger partial charge in [-0.1, -0.05) is 67.6 Å². The maximum absolute atomic E-state index is 13.8. The van der Waals surface area contributed by atoms with Gasteiger partial charge in [-0.05, 0) is 49.1 Å². The van der Waals surface area contributed by atoms with E-state index in [1.165, 1.54) is 22.0 Å². The van der Waals surface area contributed by atoms with Crippen molar-refractivity contribution in [1.29, 1.82) is 0 Å². The summed E-state index contributed by atoms with van der Waals surface area (Å²) in [6.07, 6.45) is 1.61. The number of ether oxygens (including phenoxy) is 1. The molecule has 3 heterocycles. The van der Waals surface area contributed by atoms with Crippen molar-refractivity contribution in [2.75, 3.05) is 6.61 Å². The molecule has 1 N–H and O–H groups in total. The molecule has 2 aromatic carbocycles. The fraction of sp³-hybridized carbons (Fsp3) is 0.226. The van der Waals surface area contributed by atoms with Gasteiger partial charge < -0.3 is 14.3 Å². The zero-order valence-electron chi connectivity index (χ0n) is 22.5. The van der Waals surface area contributed by atoms with E-state index in [4.69, 9.17) is 9.15 Å². The zero-order valence-corrected chi connectivity index (χ0v) is 23.3. The van der Waals surface area contributed by atoms with Gasteiger partial charge in [-0.2, -0.15) is 0 Å². The summed E-state index contributed by atoms with van der Waals surface area (Å²) >= 11 is 1.20. The molecule has 0 radical (unpaired) electrons. The Morgan fingerprint density at radius 2 is 1.85 bits per heavy atom. The predicted octanol–water partition coefficient (Wildman–Crippen LogP) is 4.88. The van der Waals surface area contributed by atoms with E-state index in [9.17, 15) is 19.5 Å². The van der Waals surface area contributed by atoms with Crippen LogP contribution in [0.15, 0.2) is 86.1 Å². The zero-order chi connectivity index (χ0) is 28.6. The van der Waals surface area contributed by atoms with Gasteiger partial charge in [0.1, 0.15) is 11.5 Å². The van der Waals surface area contributed by atoms with Crippen LogP contribution in [0.1, 0.15) is 66.9 Å². The van der Waals surface area contributed by atoms with Crippen LogP contribution in [-0.4, -0.2) is 28.2 Å². The number of benzene rings is 2. The van der Waals surface area contributed by atoms with Crippen molar-refractivity contribution in [3.05, 3.63) is 114 Å². The Bertz CT molecular complexity index is 1820.